The topological polar surface area (TPSA) is 21.3 Å². The summed E-state index contributed by atoms with van der Waals surface area (Å²) >= 11 is 0. The van der Waals surface area contributed by atoms with Crippen LogP contribution in [0.4, 0.5) is 4.39 Å². The van der Waals surface area contributed by atoms with Crippen molar-refractivity contribution < 1.29 is 9.13 Å². The van der Waals surface area contributed by atoms with Crippen molar-refractivity contribution in [1.82, 2.24) is 5.32 Å². The van der Waals surface area contributed by atoms with Crippen molar-refractivity contribution in [3.8, 4) is 0 Å². The molecule has 0 spiro atoms. The van der Waals surface area contributed by atoms with Gasteiger partial charge in [0.25, 0.3) is 0 Å². The first-order valence-electron chi connectivity index (χ1n) is 6.33. The molecule has 0 amide bonds. The molecule has 1 aliphatic rings. The molecule has 1 aromatic rings. The van der Waals surface area contributed by atoms with Crippen molar-refractivity contribution in [2.45, 2.75) is 38.8 Å². The van der Waals surface area contributed by atoms with Gasteiger partial charge in [-0.05, 0) is 49.9 Å². The van der Waals surface area contributed by atoms with Crippen molar-refractivity contribution >= 4 is 0 Å². The van der Waals surface area contributed by atoms with E-state index in [0.29, 0.717) is 11.7 Å². The number of benzene rings is 1. The summed E-state index contributed by atoms with van der Waals surface area (Å²) in [6.45, 7) is 4.47. The molecule has 0 saturated carbocycles. The fourth-order valence-corrected chi connectivity index (χ4v) is 2.18. The average Bonchev–Trinajstić information content (AvgIpc) is 2.82. The van der Waals surface area contributed by atoms with Crippen LogP contribution in [0.15, 0.2) is 18.2 Å². The van der Waals surface area contributed by atoms with Crippen molar-refractivity contribution in [3.05, 3.63) is 35.1 Å². The molecule has 1 atom stereocenters. The van der Waals surface area contributed by atoms with Crippen LogP contribution in [0.5, 0.6) is 0 Å². The zero-order valence-electron chi connectivity index (χ0n) is 10.3. The number of ether oxygens (including phenoxy) is 1. The predicted octanol–water partition coefficient (Wildman–Crippen LogP) is 2.79. The standard InChI is InChI=1S/C14H20FNO/c1-11-9-12(4-5-14(11)15)10-16-7-6-13-3-2-8-17-13/h4-5,9,13,16H,2-3,6-8,10H2,1H3. The fourth-order valence-electron chi connectivity index (χ4n) is 2.18. The summed E-state index contributed by atoms with van der Waals surface area (Å²) in [5.41, 5.74) is 1.85. The van der Waals surface area contributed by atoms with Crippen LogP contribution in [0, 0.1) is 12.7 Å². The Morgan fingerprint density at radius 3 is 3.06 bits per heavy atom. The van der Waals surface area contributed by atoms with Crippen molar-refractivity contribution in [2.24, 2.45) is 0 Å². The molecule has 1 unspecified atom stereocenters. The highest BCUT2D eigenvalue weighted by molar-refractivity contribution is 5.23. The van der Waals surface area contributed by atoms with Gasteiger partial charge in [0.05, 0.1) is 6.10 Å². The Balaban J connectivity index is 1.68. The molecule has 3 heteroatoms. The molecule has 0 aliphatic carbocycles. The maximum Gasteiger partial charge on any atom is 0.126 e. The molecule has 1 aliphatic heterocycles. The summed E-state index contributed by atoms with van der Waals surface area (Å²) in [6.07, 6.45) is 3.90. The molecule has 17 heavy (non-hydrogen) atoms. The molecule has 1 saturated heterocycles. The van der Waals surface area contributed by atoms with Gasteiger partial charge in [-0.2, -0.15) is 0 Å². The van der Waals surface area contributed by atoms with E-state index in [0.717, 1.165) is 31.7 Å². The fraction of sp³-hybridized carbons (Fsp3) is 0.571. The lowest BCUT2D eigenvalue weighted by molar-refractivity contribution is 0.104. The number of halogens is 1. The summed E-state index contributed by atoms with van der Waals surface area (Å²) in [6, 6.07) is 5.27. The first-order valence-corrected chi connectivity index (χ1v) is 6.33. The molecule has 2 nitrogen and oxygen atoms in total. The van der Waals surface area contributed by atoms with Gasteiger partial charge < -0.3 is 10.1 Å². The minimum atomic E-state index is -0.131. The van der Waals surface area contributed by atoms with E-state index in [4.69, 9.17) is 4.74 Å². The Hall–Kier alpha value is -0.930. The third-order valence-electron chi connectivity index (χ3n) is 3.22. The van der Waals surface area contributed by atoms with E-state index in [1.165, 1.54) is 18.9 Å². The first kappa shape index (κ1) is 12.5. The van der Waals surface area contributed by atoms with Crippen LogP contribution in [-0.4, -0.2) is 19.3 Å². The highest BCUT2D eigenvalue weighted by atomic mass is 19.1. The molecule has 2 rings (SSSR count). The van der Waals surface area contributed by atoms with E-state index in [-0.39, 0.29) is 5.82 Å². The molecule has 0 bridgehead atoms. The summed E-state index contributed by atoms with van der Waals surface area (Å²) in [4.78, 5) is 0. The van der Waals surface area contributed by atoms with Crippen molar-refractivity contribution in [3.63, 3.8) is 0 Å². The molecule has 1 heterocycles. The Labute approximate surface area is 102 Å². The van der Waals surface area contributed by atoms with Crippen LogP contribution in [0.25, 0.3) is 0 Å². The minimum absolute atomic E-state index is 0.131. The van der Waals surface area contributed by atoms with E-state index >= 15 is 0 Å². The Morgan fingerprint density at radius 2 is 2.35 bits per heavy atom. The number of hydrogen-bond donors (Lipinski definition) is 1. The molecule has 94 valence electrons. The third-order valence-corrected chi connectivity index (χ3v) is 3.22. The van der Waals surface area contributed by atoms with Gasteiger partial charge >= 0.3 is 0 Å². The van der Waals surface area contributed by atoms with Crippen molar-refractivity contribution in [1.29, 1.82) is 0 Å². The van der Waals surface area contributed by atoms with E-state index in [9.17, 15) is 4.39 Å². The second-order valence-electron chi connectivity index (χ2n) is 4.68. The highest BCUT2D eigenvalue weighted by Gasteiger charge is 2.14. The smallest absolute Gasteiger partial charge is 0.126 e. The number of aryl methyl sites for hydroxylation is 1. The number of rotatable bonds is 5. The van der Waals surface area contributed by atoms with Crippen LogP contribution >= 0.6 is 0 Å². The van der Waals surface area contributed by atoms with Crippen LogP contribution in [0.2, 0.25) is 0 Å². The van der Waals surface area contributed by atoms with Crippen molar-refractivity contribution in [2.75, 3.05) is 13.2 Å². The zero-order valence-corrected chi connectivity index (χ0v) is 10.3. The minimum Gasteiger partial charge on any atom is -0.378 e. The molecule has 1 aromatic carbocycles. The average molecular weight is 237 g/mol. The first-order chi connectivity index (χ1) is 8.25. The van der Waals surface area contributed by atoms with Crippen LogP contribution in [0.1, 0.15) is 30.4 Å². The monoisotopic (exact) mass is 237 g/mol. The normalized spacial score (nSPS) is 19.8. The molecule has 0 aromatic heterocycles. The van der Waals surface area contributed by atoms with Gasteiger partial charge in [0.2, 0.25) is 0 Å². The maximum absolute atomic E-state index is 13.1. The molecular formula is C14H20FNO. The van der Waals surface area contributed by atoms with E-state index in [1.807, 2.05) is 12.1 Å². The van der Waals surface area contributed by atoms with Gasteiger partial charge in [0, 0.05) is 13.2 Å². The van der Waals surface area contributed by atoms with Crippen LogP contribution in [-0.2, 0) is 11.3 Å². The molecule has 0 radical (unpaired) electrons. The van der Waals surface area contributed by atoms with Gasteiger partial charge in [-0.25, -0.2) is 4.39 Å². The van der Waals surface area contributed by atoms with Gasteiger partial charge in [0.1, 0.15) is 5.82 Å². The van der Waals surface area contributed by atoms with Gasteiger partial charge in [0.15, 0.2) is 0 Å². The molecular weight excluding hydrogens is 217 g/mol. The second kappa shape index (κ2) is 6.12. The maximum atomic E-state index is 13.1. The number of hydrogen-bond acceptors (Lipinski definition) is 2. The summed E-state index contributed by atoms with van der Waals surface area (Å²) in [7, 11) is 0. The number of nitrogens with one attached hydrogen (secondary N) is 1. The van der Waals surface area contributed by atoms with E-state index < -0.39 is 0 Å². The second-order valence-corrected chi connectivity index (χ2v) is 4.68. The SMILES string of the molecule is Cc1cc(CNCCC2CCCO2)ccc1F. The lowest BCUT2D eigenvalue weighted by Gasteiger charge is -2.10. The van der Waals surface area contributed by atoms with Crippen LogP contribution < -0.4 is 5.32 Å². The Morgan fingerprint density at radius 1 is 1.47 bits per heavy atom. The lowest BCUT2D eigenvalue weighted by atomic mass is 10.1. The largest absolute Gasteiger partial charge is 0.378 e. The van der Waals surface area contributed by atoms with Gasteiger partial charge in [-0.3, -0.25) is 0 Å². The summed E-state index contributed by atoms with van der Waals surface area (Å²) in [5, 5.41) is 3.37. The van der Waals surface area contributed by atoms with E-state index in [2.05, 4.69) is 5.32 Å². The summed E-state index contributed by atoms with van der Waals surface area (Å²) in [5.74, 6) is -0.131. The predicted molar refractivity (Wildman–Crippen MR) is 66.4 cm³/mol. The summed E-state index contributed by atoms with van der Waals surface area (Å²) < 4.78 is 18.6. The lowest BCUT2D eigenvalue weighted by Crippen LogP contribution is -2.19. The van der Waals surface area contributed by atoms with Crippen LogP contribution in [0.3, 0.4) is 0 Å². The molecule has 1 fully saturated rings. The van der Waals surface area contributed by atoms with E-state index in [1.54, 1.807) is 6.92 Å². The van der Waals surface area contributed by atoms with Gasteiger partial charge in [-0.15, -0.1) is 0 Å². The molecule has 1 N–H and O–H groups in total. The quantitative estimate of drug-likeness (QED) is 0.795. The highest BCUT2D eigenvalue weighted by Crippen LogP contribution is 2.14. The third kappa shape index (κ3) is 3.79. The Kier molecular flexibility index (Phi) is 4.51. The van der Waals surface area contributed by atoms with Gasteiger partial charge in [-0.1, -0.05) is 12.1 Å². The zero-order chi connectivity index (χ0) is 12.1. The Bertz CT molecular complexity index is 361.